The number of alkyl halides is 3. The minimum absolute atomic E-state index is 0.0241. The van der Waals surface area contributed by atoms with Crippen molar-refractivity contribution < 1.29 is 22.8 Å². The summed E-state index contributed by atoms with van der Waals surface area (Å²) in [6.07, 6.45) is -4.45. The smallest absolute Gasteiger partial charge is 0.322 e. The molecule has 4 rings (SSSR count). The van der Waals surface area contributed by atoms with Gasteiger partial charge in [0, 0.05) is 17.7 Å². The predicted molar refractivity (Wildman–Crippen MR) is 131 cm³/mol. The fourth-order valence-corrected chi connectivity index (χ4v) is 4.75. The van der Waals surface area contributed by atoms with Crippen molar-refractivity contribution in [1.29, 1.82) is 0 Å². The van der Waals surface area contributed by atoms with E-state index in [4.69, 9.17) is 12.2 Å². The number of carbonyl (C=O) groups excluding carboxylic acids is 2. The van der Waals surface area contributed by atoms with E-state index in [-0.39, 0.29) is 26.9 Å². The fraction of sp³-hybridized carbons (Fsp3) is 0.0800. The van der Waals surface area contributed by atoms with E-state index in [1.54, 1.807) is 54.6 Å². The highest BCUT2D eigenvalue weighted by molar-refractivity contribution is 8.27. The number of nitrogens with one attached hydrogen (secondary N) is 1. The molecule has 0 spiro atoms. The lowest BCUT2D eigenvalue weighted by Gasteiger charge is -2.15. The van der Waals surface area contributed by atoms with Crippen molar-refractivity contribution in [3.05, 3.63) is 107 Å². The molecular formula is C25H17F3N2O2S2. The molecule has 0 bridgehead atoms. The molecule has 9 heteroatoms. The van der Waals surface area contributed by atoms with E-state index in [0.29, 0.717) is 5.69 Å². The molecule has 1 aliphatic rings. The largest absolute Gasteiger partial charge is 0.416 e. The highest BCUT2D eigenvalue weighted by atomic mass is 32.2. The SMILES string of the molecule is O=C(Nc1cccc(C(F)(F)F)c1)/C(Cc1ccccc1)=C1/SC(=S)N(c2ccccc2)C1=O. The molecule has 0 aromatic heterocycles. The van der Waals surface area contributed by atoms with Gasteiger partial charge in [-0.05, 0) is 35.9 Å². The lowest BCUT2D eigenvalue weighted by molar-refractivity contribution is -0.137. The summed E-state index contributed by atoms with van der Waals surface area (Å²) in [6.45, 7) is 0. The number of carbonyl (C=O) groups is 2. The standard InChI is InChI=1S/C25H17F3N2O2S2/c26-25(27,28)17-10-7-11-18(15-17)29-22(31)20(14-16-8-3-1-4-9-16)21-23(32)30(24(33)34-21)19-12-5-2-6-13-19/h1-13,15H,14H2,(H,29,31)/b21-20+. The average molecular weight is 499 g/mol. The zero-order valence-electron chi connectivity index (χ0n) is 17.5. The molecule has 3 aromatic rings. The second-order valence-electron chi connectivity index (χ2n) is 7.35. The summed E-state index contributed by atoms with van der Waals surface area (Å²) in [7, 11) is 0. The van der Waals surface area contributed by atoms with Gasteiger partial charge in [-0.3, -0.25) is 14.5 Å². The molecule has 4 nitrogen and oxygen atoms in total. The van der Waals surface area contributed by atoms with Crippen LogP contribution in [0.4, 0.5) is 24.5 Å². The maximum absolute atomic E-state index is 13.3. The number of halogens is 3. The highest BCUT2D eigenvalue weighted by Crippen LogP contribution is 2.38. The second kappa shape index (κ2) is 9.82. The first-order chi connectivity index (χ1) is 16.2. The summed E-state index contributed by atoms with van der Waals surface area (Å²) in [5, 5.41) is 2.52. The number of amides is 2. The molecule has 1 saturated heterocycles. The Morgan fingerprint density at radius 2 is 1.59 bits per heavy atom. The summed E-state index contributed by atoms with van der Waals surface area (Å²) >= 11 is 6.41. The fourth-order valence-electron chi connectivity index (χ4n) is 3.39. The van der Waals surface area contributed by atoms with Crippen molar-refractivity contribution in [2.75, 3.05) is 10.2 Å². The number of para-hydroxylation sites is 1. The third-order valence-electron chi connectivity index (χ3n) is 5.00. The number of hydrogen-bond acceptors (Lipinski definition) is 4. The van der Waals surface area contributed by atoms with Gasteiger partial charge in [0.1, 0.15) is 0 Å². The van der Waals surface area contributed by atoms with Crippen LogP contribution in [0.15, 0.2) is 95.4 Å². The molecule has 0 aliphatic carbocycles. The van der Waals surface area contributed by atoms with Crippen LogP contribution in [0, 0.1) is 0 Å². The third-order valence-corrected chi connectivity index (χ3v) is 6.42. The summed E-state index contributed by atoms with van der Waals surface area (Å²) in [6, 6.07) is 22.2. The predicted octanol–water partition coefficient (Wildman–Crippen LogP) is 6.21. The molecule has 0 radical (unpaired) electrons. The number of anilines is 2. The molecule has 1 aliphatic heterocycles. The first-order valence-electron chi connectivity index (χ1n) is 10.1. The Kier molecular flexibility index (Phi) is 6.85. The third kappa shape index (κ3) is 5.21. The van der Waals surface area contributed by atoms with Gasteiger partial charge in [0.2, 0.25) is 0 Å². The molecule has 34 heavy (non-hydrogen) atoms. The number of nitrogens with zero attached hydrogens (tertiary/aromatic N) is 1. The van der Waals surface area contributed by atoms with Crippen molar-refractivity contribution in [3.8, 4) is 0 Å². The number of thioether (sulfide) groups is 1. The van der Waals surface area contributed by atoms with Crippen LogP contribution in [0.1, 0.15) is 11.1 Å². The lowest BCUT2D eigenvalue weighted by Crippen LogP contribution is -2.28. The Bertz CT molecular complexity index is 1280. The van der Waals surface area contributed by atoms with E-state index in [0.717, 1.165) is 29.5 Å². The monoisotopic (exact) mass is 498 g/mol. The first-order valence-corrected chi connectivity index (χ1v) is 11.3. The molecule has 0 saturated carbocycles. The van der Waals surface area contributed by atoms with Gasteiger partial charge < -0.3 is 5.32 Å². The Hall–Kier alpha value is -3.43. The van der Waals surface area contributed by atoms with Gasteiger partial charge in [-0.1, -0.05) is 78.6 Å². The zero-order valence-corrected chi connectivity index (χ0v) is 19.1. The summed E-state index contributed by atoms with van der Waals surface area (Å²) in [5.41, 5.74) is 0.549. The Labute approximate surface area is 203 Å². The van der Waals surface area contributed by atoms with Crippen molar-refractivity contribution in [3.63, 3.8) is 0 Å². The van der Waals surface area contributed by atoms with E-state index < -0.39 is 23.6 Å². The average Bonchev–Trinajstić information content (AvgIpc) is 3.11. The molecule has 2 amide bonds. The quantitative estimate of drug-likeness (QED) is 0.336. The van der Waals surface area contributed by atoms with Crippen LogP contribution >= 0.6 is 24.0 Å². The normalized spacial score (nSPS) is 15.4. The maximum Gasteiger partial charge on any atom is 0.416 e. The molecule has 1 heterocycles. The van der Waals surface area contributed by atoms with Crippen molar-refractivity contribution in [2.24, 2.45) is 0 Å². The van der Waals surface area contributed by atoms with Crippen LogP contribution in [0.25, 0.3) is 0 Å². The highest BCUT2D eigenvalue weighted by Gasteiger charge is 2.37. The van der Waals surface area contributed by atoms with Gasteiger partial charge >= 0.3 is 6.18 Å². The van der Waals surface area contributed by atoms with Gasteiger partial charge in [0.25, 0.3) is 11.8 Å². The molecule has 172 valence electrons. The van der Waals surface area contributed by atoms with Crippen molar-refractivity contribution in [2.45, 2.75) is 12.6 Å². The van der Waals surface area contributed by atoms with E-state index in [1.165, 1.54) is 17.0 Å². The van der Waals surface area contributed by atoms with Crippen LogP contribution in [0.5, 0.6) is 0 Å². The van der Waals surface area contributed by atoms with Gasteiger partial charge in [0.05, 0.1) is 16.2 Å². The van der Waals surface area contributed by atoms with E-state index in [1.807, 2.05) is 6.07 Å². The van der Waals surface area contributed by atoms with Crippen molar-refractivity contribution >= 4 is 51.5 Å². The van der Waals surface area contributed by atoms with E-state index in [2.05, 4.69) is 5.32 Å². The van der Waals surface area contributed by atoms with Gasteiger partial charge in [0.15, 0.2) is 4.32 Å². The Morgan fingerprint density at radius 3 is 2.24 bits per heavy atom. The number of benzene rings is 3. The summed E-state index contributed by atoms with van der Waals surface area (Å²) < 4.78 is 39.6. The van der Waals surface area contributed by atoms with Crippen LogP contribution < -0.4 is 10.2 Å². The molecule has 1 fully saturated rings. The van der Waals surface area contributed by atoms with Crippen LogP contribution in [0.2, 0.25) is 0 Å². The van der Waals surface area contributed by atoms with E-state index >= 15 is 0 Å². The molecule has 0 atom stereocenters. The van der Waals surface area contributed by atoms with Gasteiger partial charge in [-0.25, -0.2) is 0 Å². The number of hydrogen-bond donors (Lipinski definition) is 1. The first kappa shape index (κ1) is 23.7. The van der Waals surface area contributed by atoms with Crippen molar-refractivity contribution in [1.82, 2.24) is 0 Å². The second-order valence-corrected chi connectivity index (χ2v) is 8.99. The molecule has 0 unspecified atom stereocenters. The minimum Gasteiger partial charge on any atom is -0.322 e. The topological polar surface area (TPSA) is 49.4 Å². The molecule has 3 aromatic carbocycles. The van der Waals surface area contributed by atoms with Gasteiger partial charge in [-0.15, -0.1) is 0 Å². The van der Waals surface area contributed by atoms with Gasteiger partial charge in [-0.2, -0.15) is 13.2 Å². The number of thiocarbonyl (C=S) groups is 1. The van der Waals surface area contributed by atoms with Crippen LogP contribution in [0.3, 0.4) is 0 Å². The van der Waals surface area contributed by atoms with Crippen LogP contribution in [-0.2, 0) is 22.2 Å². The summed E-state index contributed by atoms with van der Waals surface area (Å²) in [4.78, 5) is 28.1. The van der Waals surface area contributed by atoms with Crippen LogP contribution in [-0.4, -0.2) is 16.1 Å². The molecular weight excluding hydrogens is 481 g/mol. The molecule has 1 N–H and O–H groups in total. The lowest BCUT2D eigenvalue weighted by atomic mass is 10.0. The minimum atomic E-state index is -4.55. The Balaban J connectivity index is 1.71. The number of rotatable bonds is 5. The van der Waals surface area contributed by atoms with E-state index in [9.17, 15) is 22.8 Å². The zero-order chi connectivity index (χ0) is 24.3. The maximum atomic E-state index is 13.3. The Morgan fingerprint density at radius 1 is 0.941 bits per heavy atom. The summed E-state index contributed by atoms with van der Waals surface area (Å²) in [5.74, 6) is -1.12.